The Labute approximate surface area is 554 Å². The first-order valence-corrected chi connectivity index (χ1v) is 33.2. The van der Waals surface area contributed by atoms with Crippen molar-refractivity contribution in [2.75, 3.05) is 19.6 Å². The third kappa shape index (κ3) is 12.9. The minimum atomic E-state index is 0.180. The van der Waals surface area contributed by atoms with Crippen molar-refractivity contribution < 1.29 is 0 Å². The van der Waals surface area contributed by atoms with Gasteiger partial charge < -0.3 is 19.6 Å². The van der Waals surface area contributed by atoms with Gasteiger partial charge in [-0.2, -0.15) is 0 Å². The summed E-state index contributed by atoms with van der Waals surface area (Å²) in [5.74, 6) is 0.379. The van der Waals surface area contributed by atoms with Crippen LogP contribution in [0.25, 0.3) is 44.5 Å². The van der Waals surface area contributed by atoms with E-state index in [1.165, 1.54) is 89.7 Å². The average molecular weight is 1210 g/mol. The first-order chi connectivity index (χ1) is 46.6. The molecule has 0 bridgehead atoms. The molecular weight excluding hydrogens is 1140 g/mol. The van der Waals surface area contributed by atoms with Crippen LogP contribution in [0.15, 0.2) is 381 Å². The number of hydrogen-bond acceptors (Lipinski definition) is 4. The average Bonchev–Trinajstić information content (AvgIpc) is 0.912. The zero-order valence-corrected chi connectivity index (χ0v) is 52.8. The first-order valence-electron chi connectivity index (χ1n) is 33.2. The van der Waals surface area contributed by atoms with Crippen LogP contribution in [0, 0.1) is 0 Å². The maximum Gasteiger partial charge on any atom is 0.0560 e. The zero-order chi connectivity index (χ0) is 62.8. The summed E-state index contributed by atoms with van der Waals surface area (Å²) < 4.78 is 0. The molecule has 0 heterocycles. The lowest BCUT2D eigenvalue weighted by molar-refractivity contribution is 0.787. The predicted molar refractivity (Wildman–Crippen MR) is 398 cm³/mol. The van der Waals surface area contributed by atoms with Crippen LogP contribution in [-0.2, 0) is 0 Å². The summed E-state index contributed by atoms with van der Waals surface area (Å²) in [6.07, 6.45) is 31.5. The van der Waals surface area contributed by atoms with Crippen LogP contribution < -0.4 is 19.6 Å². The molecule has 4 heteroatoms. The second kappa shape index (κ2) is 27.6. The fourth-order valence-electron chi connectivity index (χ4n) is 13.7. The fourth-order valence-corrected chi connectivity index (χ4v) is 13.7. The molecule has 15 rings (SSSR count). The van der Waals surface area contributed by atoms with Gasteiger partial charge in [-0.15, -0.1) is 0 Å². The number of anilines is 8. The third-order valence-corrected chi connectivity index (χ3v) is 18.7. The molecule has 2 atom stereocenters. The van der Waals surface area contributed by atoms with Crippen molar-refractivity contribution in [1.29, 1.82) is 0 Å². The first kappa shape index (κ1) is 58.9. The molecule has 0 saturated heterocycles. The Balaban J connectivity index is 0.615. The molecule has 0 saturated carbocycles. The van der Waals surface area contributed by atoms with Crippen LogP contribution in [0.1, 0.15) is 61.1 Å². The molecule has 94 heavy (non-hydrogen) atoms. The summed E-state index contributed by atoms with van der Waals surface area (Å²) in [7, 11) is 0. The van der Waals surface area contributed by atoms with Crippen molar-refractivity contribution in [1.82, 2.24) is 0 Å². The molecular formula is C90H74N4. The van der Waals surface area contributed by atoms with Crippen LogP contribution in [0.5, 0.6) is 0 Å². The third-order valence-electron chi connectivity index (χ3n) is 18.7. The number of allylic oxidation sites excluding steroid dienone is 12. The molecule has 454 valence electrons. The largest absolute Gasteiger partial charge is 0.334 e. The van der Waals surface area contributed by atoms with Crippen LogP contribution in [0.2, 0.25) is 0 Å². The van der Waals surface area contributed by atoms with Crippen molar-refractivity contribution in [2.24, 2.45) is 0 Å². The molecule has 0 fully saturated rings. The Bertz CT molecular complexity index is 4640. The van der Waals surface area contributed by atoms with Gasteiger partial charge in [-0.3, -0.25) is 0 Å². The van der Waals surface area contributed by atoms with Gasteiger partial charge in [0.05, 0.1) is 6.04 Å². The van der Waals surface area contributed by atoms with Crippen molar-refractivity contribution in [2.45, 2.75) is 50.5 Å². The summed E-state index contributed by atoms with van der Waals surface area (Å²) in [5.41, 5.74) is 26.5. The van der Waals surface area contributed by atoms with Gasteiger partial charge in [0.1, 0.15) is 0 Å². The Hall–Kier alpha value is -11.5. The van der Waals surface area contributed by atoms with Crippen LogP contribution in [0.3, 0.4) is 0 Å². The lowest BCUT2D eigenvalue weighted by atomic mass is 9.91. The van der Waals surface area contributed by atoms with E-state index in [2.05, 4.69) is 384 Å². The number of benzene rings is 11. The van der Waals surface area contributed by atoms with E-state index in [1.807, 2.05) is 0 Å². The van der Waals surface area contributed by atoms with E-state index < -0.39 is 0 Å². The summed E-state index contributed by atoms with van der Waals surface area (Å²) in [6, 6.07) is 108. The lowest BCUT2D eigenvalue weighted by Crippen LogP contribution is -2.30. The van der Waals surface area contributed by atoms with Crippen molar-refractivity contribution in [3.63, 3.8) is 0 Å². The van der Waals surface area contributed by atoms with Gasteiger partial charge in [0, 0.05) is 68.5 Å². The summed E-state index contributed by atoms with van der Waals surface area (Å²) in [6.45, 7) is 0. The molecule has 0 aromatic heterocycles. The summed E-state index contributed by atoms with van der Waals surface area (Å²) in [4.78, 5) is 9.65. The second-order valence-electron chi connectivity index (χ2n) is 24.6. The van der Waals surface area contributed by atoms with Gasteiger partial charge in [0.25, 0.3) is 0 Å². The molecule has 4 aliphatic carbocycles. The molecule has 2 unspecified atom stereocenters. The smallest absolute Gasteiger partial charge is 0.0560 e. The molecule has 4 nitrogen and oxygen atoms in total. The predicted octanol–water partition coefficient (Wildman–Crippen LogP) is 24.3. The maximum absolute atomic E-state index is 2.46. The number of rotatable bonds is 18. The van der Waals surface area contributed by atoms with Gasteiger partial charge in [0.15, 0.2) is 0 Å². The lowest BCUT2D eigenvalue weighted by Gasteiger charge is -2.33. The molecule has 0 amide bonds. The van der Waals surface area contributed by atoms with E-state index in [9.17, 15) is 0 Å². The highest BCUT2D eigenvalue weighted by Crippen LogP contribution is 2.42. The SMILES string of the molecule is C1=CC(N(c2ccc(-c3ccc(C4=CC=C(N(c5ccccc5)c5ccc(C6=CCC(N(c7ccccc7)c7ccc(-c8ccccc8)cc7)C=C6)cc5)CC4)cc3)cc2)c2ccc(-c3ccc(N(C4=CCC(c5ccccc5)C=C4)c4ccccc4)cc3)cc2)=CCC1. The van der Waals surface area contributed by atoms with E-state index in [-0.39, 0.29) is 6.04 Å². The minimum absolute atomic E-state index is 0.180. The van der Waals surface area contributed by atoms with Gasteiger partial charge in [-0.05, 0) is 215 Å². The van der Waals surface area contributed by atoms with E-state index in [4.69, 9.17) is 0 Å². The van der Waals surface area contributed by atoms with E-state index in [0.717, 1.165) is 72.6 Å². The molecule has 11 aromatic rings. The highest BCUT2D eigenvalue weighted by molar-refractivity contribution is 5.82. The standard InChI is InChI=1S/C90H74N4/c1-7-19-67(20-8-1)71-35-51-83(52-36-71)91(79-23-11-3-12-24-79)87-59-43-75(44-60-87)77-47-63-89(64-48-77)93(81-27-15-5-16-28-81)85-55-39-73(40-56-85)69-31-33-70(34-32-69)74-41-57-86(58-42-74)94(82-29-17-6-18-30-82)90-65-49-78(50-66-90)76-45-61-88(62-46-76)92(80-25-13-4-14-26-80)84-53-37-72(38-54-84)68-21-9-2-10-22-68/h1-5,7-17,19-37,39,41-55,57-59,61-66,72,87H,6,18,38,40,56,60H2. The minimum Gasteiger partial charge on any atom is -0.334 e. The number of nitrogens with zero attached hydrogens (tertiary/aromatic N) is 4. The van der Waals surface area contributed by atoms with E-state index in [1.54, 1.807) is 0 Å². The number of para-hydroxylation sites is 3. The van der Waals surface area contributed by atoms with Crippen LogP contribution >= 0.6 is 0 Å². The highest BCUT2D eigenvalue weighted by Gasteiger charge is 2.24. The second-order valence-corrected chi connectivity index (χ2v) is 24.6. The van der Waals surface area contributed by atoms with Crippen molar-refractivity contribution >= 4 is 56.6 Å². The van der Waals surface area contributed by atoms with Gasteiger partial charge >= 0.3 is 0 Å². The normalized spacial score (nSPS) is 15.8. The highest BCUT2D eigenvalue weighted by atomic mass is 15.2. The van der Waals surface area contributed by atoms with Crippen LogP contribution in [0.4, 0.5) is 45.5 Å². The summed E-state index contributed by atoms with van der Waals surface area (Å²) >= 11 is 0. The molecule has 0 spiro atoms. The Morgan fingerprint density at radius 2 is 0.691 bits per heavy atom. The summed E-state index contributed by atoms with van der Waals surface area (Å²) in [5, 5.41) is 0. The van der Waals surface area contributed by atoms with E-state index in [0.29, 0.717) is 5.92 Å². The quantitative estimate of drug-likeness (QED) is 0.0849. The Kier molecular flexibility index (Phi) is 17.3. The molecule has 0 radical (unpaired) electrons. The number of hydrogen-bond donors (Lipinski definition) is 0. The van der Waals surface area contributed by atoms with Crippen LogP contribution in [-0.4, -0.2) is 6.04 Å². The molecule has 11 aromatic carbocycles. The van der Waals surface area contributed by atoms with Gasteiger partial charge in [-0.1, -0.05) is 249 Å². The van der Waals surface area contributed by atoms with Crippen molar-refractivity contribution in [3.8, 4) is 33.4 Å². The van der Waals surface area contributed by atoms with E-state index >= 15 is 0 Å². The van der Waals surface area contributed by atoms with Crippen molar-refractivity contribution in [3.05, 3.63) is 398 Å². The Morgan fingerprint density at radius 3 is 1.16 bits per heavy atom. The molecule has 4 aliphatic rings. The monoisotopic (exact) mass is 1210 g/mol. The van der Waals surface area contributed by atoms with Gasteiger partial charge in [0.2, 0.25) is 0 Å². The maximum atomic E-state index is 2.46. The fraction of sp³-hybridized carbons (Fsp3) is 0.0889. The Morgan fingerprint density at radius 1 is 0.277 bits per heavy atom. The molecule has 0 N–H and O–H groups in total. The zero-order valence-electron chi connectivity index (χ0n) is 52.8. The molecule has 0 aliphatic heterocycles. The van der Waals surface area contributed by atoms with Gasteiger partial charge in [-0.25, -0.2) is 0 Å². The topological polar surface area (TPSA) is 13.0 Å².